The fourth-order valence-corrected chi connectivity index (χ4v) is 5.02. The molecule has 0 aliphatic carbocycles. The van der Waals surface area contributed by atoms with E-state index in [4.69, 9.17) is 4.52 Å². The summed E-state index contributed by atoms with van der Waals surface area (Å²) in [6.07, 6.45) is 3.33. The van der Waals surface area contributed by atoms with Gasteiger partial charge in [-0.3, -0.25) is 4.98 Å². The van der Waals surface area contributed by atoms with Gasteiger partial charge in [0.05, 0.1) is 5.92 Å². The van der Waals surface area contributed by atoms with Gasteiger partial charge < -0.3 is 4.52 Å². The van der Waals surface area contributed by atoms with Crippen LogP contribution in [0.5, 0.6) is 0 Å². The van der Waals surface area contributed by atoms with E-state index >= 15 is 0 Å². The van der Waals surface area contributed by atoms with E-state index in [0.29, 0.717) is 29.0 Å². The Morgan fingerprint density at radius 2 is 2.13 bits per heavy atom. The molecule has 0 spiro atoms. The summed E-state index contributed by atoms with van der Waals surface area (Å²) in [6, 6.07) is 6.98. The number of rotatable bonds is 4. The van der Waals surface area contributed by atoms with E-state index in [1.165, 1.54) is 15.6 Å². The highest BCUT2D eigenvalue weighted by molar-refractivity contribution is 7.91. The van der Waals surface area contributed by atoms with Crippen LogP contribution in [0, 0.1) is 0 Å². The molecule has 7 nitrogen and oxygen atoms in total. The molecular formula is C14H12N4O3S2. The Morgan fingerprint density at radius 1 is 1.26 bits per heavy atom. The number of sulfonamides is 1. The lowest BCUT2D eigenvalue weighted by atomic mass is 10.0. The Bertz CT molecular complexity index is 901. The van der Waals surface area contributed by atoms with Gasteiger partial charge in [0.1, 0.15) is 4.21 Å². The van der Waals surface area contributed by atoms with Gasteiger partial charge in [-0.2, -0.15) is 9.29 Å². The third-order valence-electron chi connectivity index (χ3n) is 3.65. The average Bonchev–Trinajstić information content (AvgIpc) is 3.18. The maximum atomic E-state index is 12.3. The van der Waals surface area contributed by atoms with Crippen molar-refractivity contribution < 1.29 is 12.9 Å². The highest BCUT2D eigenvalue weighted by Gasteiger charge is 2.40. The second kappa shape index (κ2) is 5.52. The van der Waals surface area contributed by atoms with Crippen LogP contribution in [0.25, 0.3) is 11.4 Å². The highest BCUT2D eigenvalue weighted by Crippen LogP contribution is 2.33. The maximum Gasteiger partial charge on any atom is 0.252 e. The van der Waals surface area contributed by atoms with Gasteiger partial charge in [0, 0.05) is 31.0 Å². The lowest BCUT2D eigenvalue weighted by Gasteiger charge is -2.35. The predicted molar refractivity (Wildman–Crippen MR) is 83.3 cm³/mol. The Hall–Kier alpha value is -2.10. The van der Waals surface area contributed by atoms with Gasteiger partial charge in [-0.15, -0.1) is 11.3 Å². The molecule has 0 saturated carbocycles. The zero-order chi connectivity index (χ0) is 15.9. The predicted octanol–water partition coefficient (Wildman–Crippen LogP) is 1.98. The first-order valence-corrected chi connectivity index (χ1v) is 9.24. The van der Waals surface area contributed by atoms with E-state index in [1.807, 2.05) is 6.07 Å². The minimum atomic E-state index is -3.39. The smallest absolute Gasteiger partial charge is 0.252 e. The summed E-state index contributed by atoms with van der Waals surface area (Å²) in [5.41, 5.74) is 0.768. The van der Waals surface area contributed by atoms with E-state index in [0.717, 1.165) is 5.56 Å². The van der Waals surface area contributed by atoms with Crippen LogP contribution in [-0.2, 0) is 10.0 Å². The first kappa shape index (κ1) is 14.5. The van der Waals surface area contributed by atoms with Crippen molar-refractivity contribution in [3.63, 3.8) is 0 Å². The molecule has 9 heteroatoms. The summed E-state index contributed by atoms with van der Waals surface area (Å²) < 4.78 is 31.7. The van der Waals surface area contributed by atoms with Gasteiger partial charge in [-0.1, -0.05) is 11.2 Å². The number of pyridine rings is 1. The molecule has 0 radical (unpaired) electrons. The van der Waals surface area contributed by atoms with Crippen molar-refractivity contribution in [2.75, 3.05) is 13.1 Å². The summed E-state index contributed by atoms with van der Waals surface area (Å²) >= 11 is 1.22. The largest absolute Gasteiger partial charge is 0.339 e. The van der Waals surface area contributed by atoms with Gasteiger partial charge >= 0.3 is 0 Å². The zero-order valence-corrected chi connectivity index (χ0v) is 13.5. The van der Waals surface area contributed by atoms with Crippen molar-refractivity contribution in [3.05, 3.63) is 47.9 Å². The molecule has 1 fully saturated rings. The fraction of sp³-hybridized carbons (Fsp3) is 0.214. The van der Waals surface area contributed by atoms with Crippen LogP contribution in [-0.4, -0.2) is 40.9 Å². The summed E-state index contributed by atoms with van der Waals surface area (Å²) in [7, 11) is -3.39. The monoisotopic (exact) mass is 348 g/mol. The topological polar surface area (TPSA) is 89.2 Å². The number of thiophene rings is 1. The Kier molecular flexibility index (Phi) is 3.47. The third kappa shape index (κ3) is 2.56. The minimum Gasteiger partial charge on any atom is -0.339 e. The highest BCUT2D eigenvalue weighted by atomic mass is 32.2. The fourth-order valence-electron chi connectivity index (χ4n) is 2.34. The van der Waals surface area contributed by atoms with Crippen molar-refractivity contribution in [1.82, 2.24) is 19.4 Å². The van der Waals surface area contributed by atoms with Crippen LogP contribution in [0.15, 0.2) is 50.8 Å². The summed E-state index contributed by atoms with van der Waals surface area (Å²) in [6.45, 7) is 0.712. The van der Waals surface area contributed by atoms with Crippen LogP contribution in [0.2, 0.25) is 0 Å². The Morgan fingerprint density at radius 3 is 2.83 bits per heavy atom. The lowest BCUT2D eigenvalue weighted by Crippen LogP contribution is -2.48. The van der Waals surface area contributed by atoms with E-state index in [-0.39, 0.29) is 5.92 Å². The molecule has 1 saturated heterocycles. The second-order valence-corrected chi connectivity index (χ2v) is 8.26. The van der Waals surface area contributed by atoms with E-state index < -0.39 is 10.0 Å². The number of hydrogen-bond acceptors (Lipinski definition) is 7. The summed E-state index contributed by atoms with van der Waals surface area (Å²) in [4.78, 5) is 8.36. The Labute approximate surface area is 136 Å². The van der Waals surface area contributed by atoms with Crippen LogP contribution >= 0.6 is 11.3 Å². The molecule has 0 N–H and O–H groups in total. The van der Waals surface area contributed by atoms with Crippen LogP contribution < -0.4 is 0 Å². The lowest BCUT2D eigenvalue weighted by molar-refractivity contribution is 0.217. The molecule has 3 aromatic rings. The van der Waals surface area contributed by atoms with Crippen molar-refractivity contribution in [2.45, 2.75) is 10.1 Å². The van der Waals surface area contributed by atoms with E-state index in [1.54, 1.807) is 36.0 Å². The molecule has 4 rings (SSSR count). The quantitative estimate of drug-likeness (QED) is 0.716. The molecule has 118 valence electrons. The number of nitrogens with zero attached hydrogens (tertiary/aromatic N) is 4. The Balaban J connectivity index is 1.48. The van der Waals surface area contributed by atoms with Crippen molar-refractivity contribution in [3.8, 4) is 11.4 Å². The molecule has 0 aromatic carbocycles. The minimum absolute atomic E-state index is 0.0670. The molecule has 0 amide bonds. The molecular weight excluding hydrogens is 336 g/mol. The van der Waals surface area contributed by atoms with Crippen molar-refractivity contribution >= 4 is 21.4 Å². The van der Waals surface area contributed by atoms with Gasteiger partial charge in [0.25, 0.3) is 10.0 Å². The first-order valence-electron chi connectivity index (χ1n) is 6.92. The molecule has 23 heavy (non-hydrogen) atoms. The van der Waals surface area contributed by atoms with Gasteiger partial charge in [-0.25, -0.2) is 8.42 Å². The first-order chi connectivity index (χ1) is 11.1. The SMILES string of the molecule is O=S(=O)(c1cccs1)N1CC(c2nc(-c3cccnc3)no2)C1. The normalized spacial score (nSPS) is 16.3. The summed E-state index contributed by atoms with van der Waals surface area (Å²) in [5, 5.41) is 5.69. The molecule has 0 bridgehead atoms. The maximum absolute atomic E-state index is 12.3. The van der Waals surface area contributed by atoms with Crippen LogP contribution in [0.4, 0.5) is 0 Å². The van der Waals surface area contributed by atoms with Gasteiger partial charge in [0.15, 0.2) is 0 Å². The second-order valence-electron chi connectivity index (χ2n) is 5.15. The van der Waals surface area contributed by atoms with Gasteiger partial charge in [0.2, 0.25) is 11.7 Å². The average molecular weight is 348 g/mol. The molecule has 4 heterocycles. The number of hydrogen-bond donors (Lipinski definition) is 0. The molecule has 0 unspecified atom stereocenters. The third-order valence-corrected chi connectivity index (χ3v) is 6.85. The standard InChI is InChI=1S/C14H12N4O3S2/c19-23(20,12-4-2-6-22-12)18-8-11(9-18)14-16-13(17-21-14)10-3-1-5-15-7-10/h1-7,11H,8-9H2. The molecule has 0 atom stereocenters. The van der Waals surface area contributed by atoms with Crippen molar-refractivity contribution in [1.29, 1.82) is 0 Å². The summed E-state index contributed by atoms with van der Waals surface area (Å²) in [5.74, 6) is 0.858. The molecule has 3 aromatic heterocycles. The number of aromatic nitrogens is 3. The van der Waals surface area contributed by atoms with E-state index in [2.05, 4.69) is 15.1 Å². The molecule has 1 aliphatic heterocycles. The van der Waals surface area contributed by atoms with Crippen LogP contribution in [0.1, 0.15) is 11.8 Å². The van der Waals surface area contributed by atoms with E-state index in [9.17, 15) is 8.42 Å². The zero-order valence-electron chi connectivity index (χ0n) is 11.9. The van der Waals surface area contributed by atoms with Gasteiger partial charge in [-0.05, 0) is 23.6 Å². The van der Waals surface area contributed by atoms with Crippen molar-refractivity contribution in [2.24, 2.45) is 0 Å². The molecule has 1 aliphatic rings. The van der Waals surface area contributed by atoms with Crippen LogP contribution in [0.3, 0.4) is 0 Å².